The van der Waals surface area contributed by atoms with Crippen molar-refractivity contribution in [2.45, 2.75) is 96.2 Å². The third-order valence-corrected chi connectivity index (χ3v) is 8.01. The number of unbranched alkanes of at least 4 members (excludes halogenated alkanes) is 1. The summed E-state index contributed by atoms with van der Waals surface area (Å²) in [6.07, 6.45) is 10.5. The number of carbonyl (C=O) groups is 2. The maximum absolute atomic E-state index is 13.6. The van der Waals surface area contributed by atoms with E-state index in [-0.39, 0.29) is 30.3 Å². The van der Waals surface area contributed by atoms with Crippen LogP contribution in [0.4, 0.5) is 0 Å². The zero-order chi connectivity index (χ0) is 22.6. The van der Waals surface area contributed by atoms with E-state index in [1.165, 1.54) is 43.2 Å². The van der Waals surface area contributed by atoms with E-state index >= 15 is 0 Å². The molecule has 2 aliphatic heterocycles. The highest BCUT2D eigenvalue weighted by Gasteiger charge is 2.53. The van der Waals surface area contributed by atoms with Crippen molar-refractivity contribution in [1.82, 2.24) is 15.1 Å². The lowest BCUT2D eigenvalue weighted by Gasteiger charge is -2.52. The Balaban J connectivity index is 0.00000306. The first-order valence-electron chi connectivity index (χ1n) is 12.9. The molecule has 1 atom stereocenters. The van der Waals surface area contributed by atoms with Crippen LogP contribution in [-0.4, -0.2) is 52.8 Å². The predicted molar refractivity (Wildman–Crippen MR) is 135 cm³/mol. The molecular formula is C27H42ClN3O2. The summed E-state index contributed by atoms with van der Waals surface area (Å²) in [7, 11) is 0. The Morgan fingerprint density at radius 3 is 2.48 bits per heavy atom. The number of hydrogen-bond acceptors (Lipinski definition) is 3. The number of likely N-dealkylation sites (tertiary alicyclic amines) is 1. The van der Waals surface area contributed by atoms with Crippen molar-refractivity contribution in [3.63, 3.8) is 0 Å². The van der Waals surface area contributed by atoms with Crippen molar-refractivity contribution in [2.75, 3.05) is 19.6 Å². The van der Waals surface area contributed by atoms with Crippen molar-refractivity contribution in [2.24, 2.45) is 5.92 Å². The van der Waals surface area contributed by atoms with Crippen LogP contribution in [0.5, 0.6) is 0 Å². The van der Waals surface area contributed by atoms with Crippen LogP contribution in [0.2, 0.25) is 0 Å². The Kier molecular flexibility index (Phi) is 9.23. The summed E-state index contributed by atoms with van der Waals surface area (Å²) in [5, 5.41) is 3.20. The van der Waals surface area contributed by atoms with Crippen molar-refractivity contribution in [1.29, 1.82) is 0 Å². The fourth-order valence-electron chi connectivity index (χ4n) is 6.08. The van der Waals surface area contributed by atoms with E-state index < -0.39 is 5.54 Å². The van der Waals surface area contributed by atoms with Crippen LogP contribution in [0.25, 0.3) is 0 Å². The summed E-state index contributed by atoms with van der Waals surface area (Å²) >= 11 is 0. The molecular weight excluding hydrogens is 434 g/mol. The highest BCUT2D eigenvalue weighted by Crippen LogP contribution is 2.36. The molecule has 184 valence electrons. The van der Waals surface area contributed by atoms with Gasteiger partial charge in [-0.3, -0.25) is 14.5 Å². The molecule has 0 radical (unpaired) electrons. The second-order valence-corrected chi connectivity index (χ2v) is 10.4. The lowest BCUT2D eigenvalue weighted by atomic mass is 9.79. The molecule has 4 rings (SSSR count). The Labute approximate surface area is 206 Å². The number of benzene rings is 1. The van der Waals surface area contributed by atoms with Gasteiger partial charge in [0.05, 0.1) is 0 Å². The number of piperazine rings is 1. The van der Waals surface area contributed by atoms with E-state index in [1.54, 1.807) is 0 Å². The summed E-state index contributed by atoms with van der Waals surface area (Å²) in [5.74, 6) is 0.858. The molecule has 2 amide bonds. The Hall–Kier alpha value is -1.59. The lowest BCUT2D eigenvalue weighted by Crippen LogP contribution is -2.73. The van der Waals surface area contributed by atoms with Gasteiger partial charge in [0.1, 0.15) is 11.6 Å². The molecule has 2 saturated heterocycles. The number of amides is 2. The maximum atomic E-state index is 13.6. The van der Waals surface area contributed by atoms with Crippen molar-refractivity contribution in [3.05, 3.63) is 35.4 Å². The number of nitrogens with one attached hydrogen (secondary N) is 1. The zero-order valence-electron chi connectivity index (χ0n) is 20.5. The second-order valence-electron chi connectivity index (χ2n) is 10.4. The third-order valence-electron chi connectivity index (χ3n) is 8.01. The molecule has 6 heteroatoms. The summed E-state index contributed by atoms with van der Waals surface area (Å²) in [5.41, 5.74) is 1.95. The monoisotopic (exact) mass is 475 g/mol. The number of piperidine rings is 1. The van der Waals surface area contributed by atoms with Crippen LogP contribution < -0.4 is 5.32 Å². The van der Waals surface area contributed by atoms with E-state index in [4.69, 9.17) is 0 Å². The summed E-state index contributed by atoms with van der Waals surface area (Å²) in [4.78, 5) is 31.6. The van der Waals surface area contributed by atoms with Crippen LogP contribution in [0.15, 0.2) is 24.3 Å². The van der Waals surface area contributed by atoms with Gasteiger partial charge in [-0.15, -0.1) is 12.4 Å². The number of halogens is 1. The van der Waals surface area contributed by atoms with E-state index in [0.717, 1.165) is 51.7 Å². The van der Waals surface area contributed by atoms with Crippen LogP contribution in [-0.2, 0) is 16.1 Å². The molecule has 3 aliphatic rings. The quantitative estimate of drug-likeness (QED) is 0.613. The molecule has 0 bridgehead atoms. The Morgan fingerprint density at radius 1 is 1.09 bits per heavy atom. The first kappa shape index (κ1) is 26.0. The second kappa shape index (κ2) is 11.7. The van der Waals surface area contributed by atoms with Gasteiger partial charge in [0.25, 0.3) is 0 Å². The van der Waals surface area contributed by atoms with Gasteiger partial charge in [-0.25, -0.2) is 0 Å². The minimum absolute atomic E-state index is 0. The maximum Gasteiger partial charge on any atom is 0.246 e. The number of hydrogen-bond donors (Lipinski definition) is 1. The number of nitrogens with zero attached hydrogens (tertiary/aromatic N) is 2. The first-order valence-corrected chi connectivity index (χ1v) is 12.9. The molecule has 0 unspecified atom stereocenters. The van der Waals surface area contributed by atoms with Crippen LogP contribution >= 0.6 is 12.4 Å². The van der Waals surface area contributed by atoms with Crippen molar-refractivity contribution >= 4 is 24.2 Å². The molecule has 5 nitrogen and oxygen atoms in total. The molecule has 1 N–H and O–H groups in total. The van der Waals surface area contributed by atoms with E-state index in [0.29, 0.717) is 12.5 Å². The molecule has 3 fully saturated rings. The highest BCUT2D eigenvalue weighted by atomic mass is 35.5. The van der Waals surface area contributed by atoms with Crippen molar-refractivity contribution in [3.8, 4) is 0 Å². The molecule has 1 spiro atoms. The SMILES string of the molecule is CCCCN1C(=O)[C@H](CC2CCCCC2)NC(=O)C12CCN(Cc1cccc(C)c1)CC2.Cl. The minimum atomic E-state index is -0.654. The van der Waals surface area contributed by atoms with Gasteiger partial charge in [-0.05, 0) is 44.1 Å². The summed E-state index contributed by atoms with van der Waals surface area (Å²) < 4.78 is 0. The minimum Gasteiger partial charge on any atom is -0.342 e. The zero-order valence-corrected chi connectivity index (χ0v) is 21.3. The smallest absolute Gasteiger partial charge is 0.246 e. The van der Waals surface area contributed by atoms with Gasteiger partial charge in [0.2, 0.25) is 11.8 Å². The van der Waals surface area contributed by atoms with Gasteiger partial charge in [-0.1, -0.05) is 75.3 Å². The lowest BCUT2D eigenvalue weighted by molar-refractivity contribution is -0.162. The molecule has 0 aromatic heterocycles. The average Bonchev–Trinajstić information content (AvgIpc) is 2.80. The van der Waals surface area contributed by atoms with Gasteiger partial charge < -0.3 is 10.2 Å². The number of carbonyl (C=O) groups excluding carboxylic acids is 2. The number of rotatable bonds is 7. The molecule has 1 aromatic carbocycles. The van der Waals surface area contributed by atoms with Gasteiger partial charge in [-0.2, -0.15) is 0 Å². The highest BCUT2D eigenvalue weighted by molar-refractivity contribution is 6.00. The Bertz CT molecular complexity index is 800. The summed E-state index contributed by atoms with van der Waals surface area (Å²) in [6.45, 7) is 7.61. The van der Waals surface area contributed by atoms with Crippen LogP contribution in [0, 0.1) is 12.8 Å². The fourth-order valence-corrected chi connectivity index (χ4v) is 6.08. The number of aryl methyl sites for hydroxylation is 1. The van der Waals surface area contributed by atoms with Gasteiger partial charge in [0, 0.05) is 26.2 Å². The van der Waals surface area contributed by atoms with Gasteiger partial charge >= 0.3 is 0 Å². The fraction of sp³-hybridized carbons (Fsp3) is 0.704. The molecule has 1 aliphatic carbocycles. The molecule has 33 heavy (non-hydrogen) atoms. The predicted octanol–water partition coefficient (Wildman–Crippen LogP) is 4.85. The first-order chi connectivity index (χ1) is 15.5. The van der Waals surface area contributed by atoms with Gasteiger partial charge in [0.15, 0.2) is 0 Å². The molecule has 1 saturated carbocycles. The Morgan fingerprint density at radius 2 is 1.82 bits per heavy atom. The van der Waals surface area contributed by atoms with Crippen LogP contribution in [0.1, 0.15) is 82.3 Å². The topological polar surface area (TPSA) is 52.7 Å². The summed E-state index contributed by atoms with van der Waals surface area (Å²) in [6, 6.07) is 8.34. The normalized spacial score (nSPS) is 23.9. The van der Waals surface area contributed by atoms with E-state index in [2.05, 4.69) is 48.3 Å². The van der Waals surface area contributed by atoms with Crippen molar-refractivity contribution < 1.29 is 9.59 Å². The standard InChI is InChI=1S/C27H41N3O2.ClH/c1-3-4-15-30-25(31)24(19-22-10-6-5-7-11-22)28-26(32)27(30)13-16-29(17-14-27)20-23-12-8-9-21(2)18-23;/h8-9,12,18,22,24H,3-7,10-11,13-17,19-20H2,1-2H3,(H,28,32);1H/t24-;/m0./s1. The average molecular weight is 476 g/mol. The van der Waals surface area contributed by atoms with E-state index in [1.807, 2.05) is 4.90 Å². The molecule has 1 aromatic rings. The molecule has 2 heterocycles. The van der Waals surface area contributed by atoms with E-state index in [9.17, 15) is 9.59 Å². The largest absolute Gasteiger partial charge is 0.342 e. The third kappa shape index (κ3) is 5.92. The van der Waals surface area contributed by atoms with Crippen LogP contribution in [0.3, 0.4) is 0 Å².